The number of alkyl halides is 2. The number of halogens is 2. The van der Waals surface area contributed by atoms with Crippen molar-refractivity contribution in [2.45, 2.75) is 51.6 Å². The average molecular weight is 288 g/mol. The monoisotopic (exact) mass is 288 g/mol. The smallest absolute Gasteiger partial charge is 0.271 e. The Morgan fingerprint density at radius 1 is 1.40 bits per heavy atom. The summed E-state index contributed by atoms with van der Waals surface area (Å²) in [5.41, 5.74) is 0.990. The van der Waals surface area contributed by atoms with Crippen LogP contribution in [0, 0.1) is 5.92 Å². The molecule has 1 rings (SSSR count). The number of hydrogen-bond donors (Lipinski definition) is 0. The van der Waals surface area contributed by atoms with Crippen molar-refractivity contribution in [3.05, 3.63) is 23.8 Å². The summed E-state index contributed by atoms with van der Waals surface area (Å²) in [5.74, 6) is -2.40. The van der Waals surface area contributed by atoms with Gasteiger partial charge in [0.05, 0.1) is 12.7 Å². The van der Waals surface area contributed by atoms with Crippen LogP contribution >= 0.6 is 0 Å². The van der Waals surface area contributed by atoms with E-state index in [1.54, 1.807) is 7.11 Å². The maximum atomic E-state index is 13.5. The Morgan fingerprint density at radius 2 is 2.15 bits per heavy atom. The SMILES string of the molecule is CO[C@H]1/C=C/CCCC(F)(F)COC/C(C)=C\[C@@H](C)C1. The molecule has 0 saturated heterocycles. The van der Waals surface area contributed by atoms with Gasteiger partial charge in [-0.2, -0.15) is 0 Å². The number of rotatable bonds is 1. The zero-order valence-corrected chi connectivity index (χ0v) is 12.7. The van der Waals surface area contributed by atoms with Gasteiger partial charge in [0.15, 0.2) is 0 Å². The molecule has 0 unspecified atom stereocenters. The van der Waals surface area contributed by atoms with Crippen LogP contribution in [-0.2, 0) is 9.47 Å². The summed E-state index contributed by atoms with van der Waals surface area (Å²) < 4.78 is 37.6. The van der Waals surface area contributed by atoms with Gasteiger partial charge >= 0.3 is 0 Å². The van der Waals surface area contributed by atoms with Crippen molar-refractivity contribution in [1.82, 2.24) is 0 Å². The fourth-order valence-corrected chi connectivity index (χ4v) is 2.38. The van der Waals surface area contributed by atoms with Crippen molar-refractivity contribution in [2.24, 2.45) is 5.92 Å². The second-order valence-corrected chi connectivity index (χ2v) is 5.67. The molecule has 116 valence electrons. The molecule has 0 N–H and O–H groups in total. The first-order valence-corrected chi connectivity index (χ1v) is 7.25. The minimum atomic E-state index is -2.73. The van der Waals surface area contributed by atoms with Crippen molar-refractivity contribution in [2.75, 3.05) is 20.3 Å². The fourth-order valence-electron chi connectivity index (χ4n) is 2.38. The molecule has 0 fully saturated rings. The molecule has 20 heavy (non-hydrogen) atoms. The van der Waals surface area contributed by atoms with Crippen LogP contribution in [0.15, 0.2) is 23.8 Å². The summed E-state index contributed by atoms with van der Waals surface area (Å²) in [6.45, 7) is 3.80. The summed E-state index contributed by atoms with van der Waals surface area (Å²) >= 11 is 0. The Morgan fingerprint density at radius 3 is 2.85 bits per heavy atom. The summed E-state index contributed by atoms with van der Waals surface area (Å²) in [5, 5.41) is 0. The van der Waals surface area contributed by atoms with Crippen molar-refractivity contribution in [1.29, 1.82) is 0 Å². The molecule has 0 spiro atoms. The molecule has 0 bridgehead atoms. The minimum absolute atomic E-state index is 0.0402. The first-order chi connectivity index (χ1) is 9.43. The number of ether oxygens (including phenoxy) is 2. The van der Waals surface area contributed by atoms with Crippen LogP contribution < -0.4 is 0 Å². The van der Waals surface area contributed by atoms with Gasteiger partial charge in [-0.15, -0.1) is 0 Å². The maximum Gasteiger partial charge on any atom is 0.271 e. The molecule has 0 aromatic heterocycles. The molecular formula is C16H26F2O2. The van der Waals surface area contributed by atoms with Crippen molar-refractivity contribution < 1.29 is 18.3 Å². The number of methoxy groups -OCH3 is 1. The third-order valence-electron chi connectivity index (χ3n) is 3.38. The van der Waals surface area contributed by atoms with Gasteiger partial charge in [0.1, 0.15) is 6.61 Å². The van der Waals surface area contributed by atoms with Crippen molar-refractivity contribution in [3.63, 3.8) is 0 Å². The van der Waals surface area contributed by atoms with E-state index >= 15 is 0 Å². The zero-order valence-electron chi connectivity index (χ0n) is 12.7. The third kappa shape index (κ3) is 7.15. The normalized spacial score (nSPS) is 33.8. The summed E-state index contributed by atoms with van der Waals surface area (Å²) in [7, 11) is 1.68. The van der Waals surface area contributed by atoms with E-state index < -0.39 is 12.5 Å². The van der Waals surface area contributed by atoms with E-state index in [-0.39, 0.29) is 19.1 Å². The van der Waals surface area contributed by atoms with Crippen LogP contribution in [0.1, 0.15) is 39.5 Å². The molecule has 0 aromatic rings. The van der Waals surface area contributed by atoms with Crippen LogP contribution in [0.5, 0.6) is 0 Å². The van der Waals surface area contributed by atoms with E-state index in [1.807, 2.05) is 19.1 Å². The highest BCUT2D eigenvalue weighted by Gasteiger charge is 2.28. The van der Waals surface area contributed by atoms with E-state index in [0.717, 1.165) is 12.0 Å². The quantitative estimate of drug-likeness (QED) is 0.667. The van der Waals surface area contributed by atoms with Gasteiger partial charge in [0.25, 0.3) is 5.92 Å². The van der Waals surface area contributed by atoms with Crippen LogP contribution in [0.4, 0.5) is 8.78 Å². The molecule has 1 heterocycles. The van der Waals surface area contributed by atoms with Gasteiger partial charge in [-0.1, -0.05) is 30.7 Å². The van der Waals surface area contributed by atoms with Gasteiger partial charge in [0, 0.05) is 13.5 Å². The van der Waals surface area contributed by atoms with E-state index in [1.165, 1.54) is 0 Å². The molecule has 0 aromatic carbocycles. The largest absolute Gasteiger partial charge is 0.377 e. The fraction of sp³-hybridized carbons (Fsp3) is 0.750. The second kappa shape index (κ2) is 8.53. The topological polar surface area (TPSA) is 18.5 Å². The average Bonchev–Trinajstić information content (AvgIpc) is 2.35. The lowest BCUT2D eigenvalue weighted by Gasteiger charge is -2.18. The molecule has 4 heteroatoms. The first kappa shape index (κ1) is 17.3. The lowest BCUT2D eigenvalue weighted by molar-refractivity contribution is -0.0787. The lowest BCUT2D eigenvalue weighted by Crippen LogP contribution is -2.24. The Bertz CT molecular complexity index is 337. The first-order valence-electron chi connectivity index (χ1n) is 7.25. The van der Waals surface area contributed by atoms with Gasteiger partial charge in [0.2, 0.25) is 0 Å². The van der Waals surface area contributed by atoms with Crippen LogP contribution in [0.25, 0.3) is 0 Å². The van der Waals surface area contributed by atoms with Gasteiger partial charge in [-0.25, -0.2) is 8.78 Å². The summed E-state index contributed by atoms with van der Waals surface area (Å²) in [4.78, 5) is 0. The predicted molar refractivity (Wildman–Crippen MR) is 77.1 cm³/mol. The lowest BCUT2D eigenvalue weighted by atomic mass is 10.00. The Labute approximate surface area is 120 Å². The van der Waals surface area contributed by atoms with Crippen molar-refractivity contribution in [3.8, 4) is 0 Å². The standard InChI is InChI=1S/C16H26F2O2/c1-13-9-14(2)11-20-12-16(17,18)8-6-4-5-7-15(10-13)19-3/h5,7,9,13,15H,4,6,8,10-12H2,1-3H3/b7-5+,14-9-/t13-,15+/m1/s1. The highest BCUT2D eigenvalue weighted by molar-refractivity contribution is 5.02. The summed E-state index contributed by atoms with van der Waals surface area (Å²) in [6, 6.07) is 0. The molecule has 0 amide bonds. The number of hydrogen-bond acceptors (Lipinski definition) is 2. The Hall–Kier alpha value is -0.740. The molecule has 0 aliphatic carbocycles. The maximum absolute atomic E-state index is 13.5. The molecule has 0 saturated carbocycles. The Balaban J connectivity index is 2.70. The highest BCUT2D eigenvalue weighted by Crippen LogP contribution is 2.23. The molecule has 2 atom stereocenters. The van der Waals surface area contributed by atoms with E-state index in [2.05, 4.69) is 13.0 Å². The molecule has 2 nitrogen and oxygen atoms in total. The summed E-state index contributed by atoms with van der Waals surface area (Å²) in [6.07, 6.45) is 7.92. The zero-order chi connectivity index (χ0) is 15.0. The van der Waals surface area contributed by atoms with Gasteiger partial charge < -0.3 is 9.47 Å². The van der Waals surface area contributed by atoms with Crippen molar-refractivity contribution >= 4 is 0 Å². The van der Waals surface area contributed by atoms with Gasteiger partial charge in [-0.05, 0) is 32.1 Å². The van der Waals surface area contributed by atoms with E-state index in [9.17, 15) is 8.78 Å². The predicted octanol–water partition coefficient (Wildman–Crippen LogP) is 4.37. The molecule has 0 radical (unpaired) electrons. The number of allylic oxidation sites excluding steroid dienone is 2. The molecule has 1 aliphatic rings. The van der Waals surface area contributed by atoms with E-state index in [0.29, 0.717) is 18.8 Å². The van der Waals surface area contributed by atoms with E-state index in [4.69, 9.17) is 9.47 Å². The molecule has 1 aliphatic heterocycles. The highest BCUT2D eigenvalue weighted by atomic mass is 19.3. The third-order valence-corrected chi connectivity index (χ3v) is 3.38. The minimum Gasteiger partial charge on any atom is -0.377 e. The van der Waals surface area contributed by atoms with Crippen LogP contribution in [0.2, 0.25) is 0 Å². The Kier molecular flexibility index (Phi) is 7.38. The van der Waals surface area contributed by atoms with Crippen LogP contribution in [0.3, 0.4) is 0 Å². The molecular weight excluding hydrogens is 262 g/mol. The second-order valence-electron chi connectivity index (χ2n) is 5.67. The van der Waals surface area contributed by atoms with Gasteiger partial charge in [-0.3, -0.25) is 0 Å². The van der Waals surface area contributed by atoms with Crippen LogP contribution in [-0.4, -0.2) is 32.4 Å².